The summed E-state index contributed by atoms with van der Waals surface area (Å²) in [4.78, 5) is 11.0. The van der Waals surface area contributed by atoms with Crippen LogP contribution in [0.15, 0.2) is 30.5 Å². The summed E-state index contributed by atoms with van der Waals surface area (Å²) in [6.45, 7) is 3.00. The van der Waals surface area contributed by atoms with Crippen molar-refractivity contribution < 1.29 is 14.6 Å². The van der Waals surface area contributed by atoms with Crippen molar-refractivity contribution in [1.82, 2.24) is 9.78 Å². The van der Waals surface area contributed by atoms with Crippen LogP contribution in [0.25, 0.3) is 0 Å². The number of ether oxygens (including phenoxy) is 1. The van der Waals surface area contributed by atoms with E-state index in [1.165, 1.54) is 17.3 Å². The van der Waals surface area contributed by atoms with Gasteiger partial charge in [-0.15, -0.1) is 0 Å². The second kappa shape index (κ2) is 5.09. The molecule has 0 fully saturated rings. The third kappa shape index (κ3) is 2.20. The van der Waals surface area contributed by atoms with Gasteiger partial charge in [-0.3, -0.25) is 4.68 Å². The van der Waals surface area contributed by atoms with Crippen molar-refractivity contribution in [2.24, 2.45) is 0 Å². The Morgan fingerprint density at radius 3 is 3.05 bits per heavy atom. The minimum atomic E-state index is -0.946. The smallest absolute Gasteiger partial charge is 0.339 e. The monoisotopic (exact) mass is 272 g/mol. The number of carboxylic acids is 1. The average Bonchev–Trinajstić information content (AvgIpc) is 2.81. The lowest BCUT2D eigenvalue weighted by atomic mass is 9.97. The van der Waals surface area contributed by atoms with E-state index in [4.69, 9.17) is 9.84 Å². The molecule has 1 aliphatic heterocycles. The Bertz CT molecular complexity index is 648. The zero-order valence-corrected chi connectivity index (χ0v) is 11.2. The van der Waals surface area contributed by atoms with Gasteiger partial charge >= 0.3 is 5.97 Å². The zero-order valence-electron chi connectivity index (χ0n) is 11.2. The number of hydrogen-bond donors (Lipinski definition) is 1. The summed E-state index contributed by atoms with van der Waals surface area (Å²) in [5.41, 5.74) is 3.37. The average molecular weight is 272 g/mol. The molecule has 5 nitrogen and oxygen atoms in total. The zero-order chi connectivity index (χ0) is 14.1. The summed E-state index contributed by atoms with van der Waals surface area (Å²) in [5, 5.41) is 13.2. The van der Waals surface area contributed by atoms with Crippen LogP contribution in [0.1, 0.15) is 33.3 Å². The quantitative estimate of drug-likeness (QED) is 0.930. The van der Waals surface area contributed by atoms with E-state index in [1.807, 2.05) is 12.1 Å². The lowest BCUT2D eigenvalue weighted by molar-refractivity contribution is 0.0278. The number of hydrogen-bond acceptors (Lipinski definition) is 3. The molecule has 1 aliphatic rings. The lowest BCUT2D eigenvalue weighted by Gasteiger charge is -2.26. The Kier molecular flexibility index (Phi) is 3.28. The maximum Gasteiger partial charge on any atom is 0.339 e. The van der Waals surface area contributed by atoms with Crippen LogP contribution >= 0.6 is 0 Å². The molecule has 1 unspecified atom stereocenters. The first-order valence-electron chi connectivity index (χ1n) is 6.62. The Labute approximate surface area is 116 Å². The molecule has 2 heterocycles. The van der Waals surface area contributed by atoms with Gasteiger partial charge in [0.05, 0.1) is 19.3 Å². The highest BCUT2D eigenvalue weighted by atomic mass is 16.5. The molecule has 5 heteroatoms. The van der Waals surface area contributed by atoms with Crippen LogP contribution in [-0.4, -0.2) is 27.5 Å². The van der Waals surface area contributed by atoms with Gasteiger partial charge in [0.2, 0.25) is 0 Å². The van der Waals surface area contributed by atoms with Crippen LogP contribution in [0.3, 0.4) is 0 Å². The van der Waals surface area contributed by atoms with Gasteiger partial charge in [-0.25, -0.2) is 4.79 Å². The van der Waals surface area contributed by atoms with Crippen LogP contribution in [0.4, 0.5) is 0 Å². The van der Waals surface area contributed by atoms with E-state index in [0.717, 1.165) is 6.42 Å². The predicted octanol–water partition coefficient (Wildman–Crippen LogP) is 2.20. The van der Waals surface area contributed by atoms with Gasteiger partial charge in [-0.1, -0.05) is 24.3 Å². The number of fused-ring (bicyclic) bond motifs is 1. The van der Waals surface area contributed by atoms with Crippen LogP contribution in [0, 0.1) is 6.92 Å². The minimum Gasteiger partial charge on any atom is -0.478 e. The molecule has 0 amide bonds. The highest BCUT2D eigenvalue weighted by molar-refractivity contribution is 5.88. The summed E-state index contributed by atoms with van der Waals surface area (Å²) >= 11 is 0. The van der Waals surface area contributed by atoms with Crippen molar-refractivity contribution in [3.8, 4) is 0 Å². The lowest BCUT2D eigenvalue weighted by Crippen LogP contribution is -2.21. The molecule has 1 aromatic heterocycles. The van der Waals surface area contributed by atoms with E-state index >= 15 is 0 Å². The van der Waals surface area contributed by atoms with E-state index < -0.39 is 5.97 Å². The first kappa shape index (κ1) is 12.9. The summed E-state index contributed by atoms with van der Waals surface area (Å²) in [6, 6.07) is 8.21. The molecule has 1 N–H and O–H groups in total. The van der Waals surface area contributed by atoms with E-state index in [9.17, 15) is 4.79 Å². The minimum absolute atomic E-state index is 0.0693. The van der Waals surface area contributed by atoms with Gasteiger partial charge in [-0.05, 0) is 24.5 Å². The molecule has 3 rings (SSSR count). The van der Waals surface area contributed by atoms with Crippen LogP contribution < -0.4 is 0 Å². The molecular formula is C15H16N2O3. The molecule has 2 aromatic rings. The number of carbonyl (C=O) groups is 1. The van der Waals surface area contributed by atoms with Crippen LogP contribution in [0.5, 0.6) is 0 Å². The van der Waals surface area contributed by atoms with E-state index in [1.54, 1.807) is 11.6 Å². The van der Waals surface area contributed by atoms with Crippen LogP contribution in [-0.2, 0) is 17.7 Å². The van der Waals surface area contributed by atoms with Crippen molar-refractivity contribution in [3.63, 3.8) is 0 Å². The first-order chi connectivity index (χ1) is 9.66. The van der Waals surface area contributed by atoms with E-state index in [2.05, 4.69) is 17.2 Å². The Balaban J connectivity index is 1.88. The molecule has 20 heavy (non-hydrogen) atoms. The Morgan fingerprint density at radius 1 is 1.50 bits per heavy atom. The molecular weight excluding hydrogens is 256 g/mol. The number of rotatable bonds is 3. The van der Waals surface area contributed by atoms with Gasteiger partial charge in [0.1, 0.15) is 11.7 Å². The van der Waals surface area contributed by atoms with Crippen molar-refractivity contribution in [2.45, 2.75) is 26.0 Å². The highest BCUT2D eigenvalue weighted by Gasteiger charge is 2.22. The fraction of sp³-hybridized carbons (Fsp3) is 0.333. The van der Waals surface area contributed by atoms with Gasteiger partial charge in [-0.2, -0.15) is 5.10 Å². The third-order valence-corrected chi connectivity index (χ3v) is 3.76. The molecule has 0 spiro atoms. The molecule has 0 bridgehead atoms. The molecule has 0 saturated carbocycles. The summed E-state index contributed by atoms with van der Waals surface area (Å²) < 4.78 is 7.53. The van der Waals surface area contributed by atoms with Gasteiger partial charge < -0.3 is 9.84 Å². The Morgan fingerprint density at radius 2 is 2.30 bits per heavy atom. The van der Waals surface area contributed by atoms with Gasteiger partial charge in [0, 0.05) is 5.69 Å². The fourth-order valence-corrected chi connectivity index (χ4v) is 2.63. The van der Waals surface area contributed by atoms with E-state index in [0.29, 0.717) is 18.8 Å². The molecule has 1 aromatic carbocycles. The molecule has 0 radical (unpaired) electrons. The fourth-order valence-electron chi connectivity index (χ4n) is 2.63. The third-order valence-electron chi connectivity index (χ3n) is 3.76. The van der Waals surface area contributed by atoms with Crippen LogP contribution in [0.2, 0.25) is 0 Å². The van der Waals surface area contributed by atoms with Gasteiger partial charge in [0.25, 0.3) is 0 Å². The van der Waals surface area contributed by atoms with Crippen molar-refractivity contribution >= 4 is 5.97 Å². The summed E-state index contributed by atoms with van der Waals surface area (Å²) in [7, 11) is 0. The maximum atomic E-state index is 11.0. The second-order valence-electron chi connectivity index (χ2n) is 4.94. The maximum absolute atomic E-state index is 11.0. The normalized spacial score (nSPS) is 17.8. The predicted molar refractivity (Wildman–Crippen MR) is 72.8 cm³/mol. The number of nitrogens with zero attached hydrogens (tertiary/aromatic N) is 2. The number of aromatic nitrogens is 2. The number of carboxylic acid groups (broad SMARTS) is 1. The Hall–Kier alpha value is -2.14. The summed E-state index contributed by atoms with van der Waals surface area (Å²) in [6.07, 6.45) is 2.25. The largest absolute Gasteiger partial charge is 0.478 e. The second-order valence-corrected chi connectivity index (χ2v) is 4.94. The standard InChI is InChI=1S/C15H16N2O3/c1-10-13(15(18)19)8-16-17(10)9-14-12-5-3-2-4-11(12)6-7-20-14/h2-5,8,14H,6-7,9H2,1H3,(H,18,19). The molecule has 0 aliphatic carbocycles. The highest BCUT2D eigenvalue weighted by Crippen LogP contribution is 2.28. The topological polar surface area (TPSA) is 64.3 Å². The number of benzene rings is 1. The summed E-state index contributed by atoms with van der Waals surface area (Å²) in [5.74, 6) is -0.946. The van der Waals surface area contributed by atoms with Crippen molar-refractivity contribution in [2.75, 3.05) is 6.61 Å². The number of aromatic carboxylic acids is 1. The van der Waals surface area contributed by atoms with E-state index in [-0.39, 0.29) is 11.7 Å². The first-order valence-corrected chi connectivity index (χ1v) is 6.62. The SMILES string of the molecule is Cc1c(C(=O)O)cnn1CC1OCCc2ccccc21. The van der Waals surface area contributed by atoms with Gasteiger partial charge in [0.15, 0.2) is 0 Å². The molecule has 104 valence electrons. The van der Waals surface area contributed by atoms with Crippen molar-refractivity contribution in [3.05, 3.63) is 52.8 Å². The van der Waals surface area contributed by atoms with Crippen molar-refractivity contribution in [1.29, 1.82) is 0 Å². The molecule has 0 saturated heterocycles. The molecule has 1 atom stereocenters.